The van der Waals surface area contributed by atoms with Crippen molar-refractivity contribution in [1.82, 2.24) is 19.3 Å². The number of anilines is 2. The molecule has 2 saturated heterocycles. The molecule has 1 aliphatic carbocycles. The zero-order valence-corrected chi connectivity index (χ0v) is 16.5. The van der Waals surface area contributed by atoms with Crippen LogP contribution in [0.15, 0.2) is 12.4 Å². The first-order chi connectivity index (χ1) is 12.5. The molecule has 2 aromatic rings. The van der Waals surface area contributed by atoms with Crippen molar-refractivity contribution >= 4 is 22.5 Å². The Bertz CT molecular complexity index is 794. The van der Waals surface area contributed by atoms with Gasteiger partial charge in [-0.05, 0) is 12.8 Å². The minimum Gasteiger partial charge on any atom is -0.356 e. The smallest absolute Gasteiger partial charge is 0.205 e. The Morgan fingerprint density at radius 2 is 1.69 bits per heavy atom. The average Bonchev–Trinajstić information content (AvgIpc) is 3.03. The summed E-state index contributed by atoms with van der Waals surface area (Å²) in [4.78, 5) is 18.7. The van der Waals surface area contributed by atoms with Crippen LogP contribution >= 0.6 is 11.5 Å². The third-order valence-electron chi connectivity index (χ3n) is 5.88. The third kappa shape index (κ3) is 2.96. The van der Waals surface area contributed by atoms with Crippen LogP contribution in [-0.4, -0.2) is 45.5 Å². The van der Waals surface area contributed by atoms with Crippen molar-refractivity contribution in [2.75, 3.05) is 36.0 Å². The standard InChI is InChI=1S/C19H26N6S/c1-19(2,3)15-6-16(21-11-20-15)24-7-13-9-25(10-14(13)8-24)18-22-17(23-26-18)12-4-5-12/h6,11-14H,4-5,7-10H2,1-3H3. The van der Waals surface area contributed by atoms with Crippen LogP contribution in [0, 0.1) is 11.8 Å². The topological polar surface area (TPSA) is 58.0 Å². The molecule has 5 rings (SSSR count). The lowest BCUT2D eigenvalue weighted by Crippen LogP contribution is -2.29. The van der Waals surface area contributed by atoms with Gasteiger partial charge in [0.15, 0.2) is 0 Å². The Kier molecular flexibility index (Phi) is 3.71. The maximum atomic E-state index is 4.80. The summed E-state index contributed by atoms with van der Waals surface area (Å²) in [5.41, 5.74) is 1.17. The molecule has 138 valence electrons. The van der Waals surface area contributed by atoms with Gasteiger partial charge in [0.25, 0.3) is 0 Å². The Hall–Kier alpha value is -1.76. The van der Waals surface area contributed by atoms with Crippen LogP contribution < -0.4 is 9.80 Å². The van der Waals surface area contributed by atoms with E-state index in [1.165, 1.54) is 12.8 Å². The van der Waals surface area contributed by atoms with E-state index in [1.54, 1.807) is 17.9 Å². The quantitative estimate of drug-likeness (QED) is 0.828. The fourth-order valence-electron chi connectivity index (χ4n) is 4.13. The molecule has 6 nitrogen and oxygen atoms in total. The lowest BCUT2D eigenvalue weighted by Gasteiger charge is -2.24. The van der Waals surface area contributed by atoms with Crippen LogP contribution in [0.2, 0.25) is 0 Å². The minimum absolute atomic E-state index is 0.0567. The number of aromatic nitrogens is 4. The van der Waals surface area contributed by atoms with Crippen molar-refractivity contribution in [2.45, 2.75) is 44.9 Å². The van der Waals surface area contributed by atoms with Crippen molar-refractivity contribution in [1.29, 1.82) is 0 Å². The molecule has 2 atom stereocenters. The summed E-state index contributed by atoms with van der Waals surface area (Å²) in [6, 6.07) is 2.17. The molecule has 26 heavy (non-hydrogen) atoms. The van der Waals surface area contributed by atoms with Crippen LogP contribution in [0.1, 0.15) is 51.0 Å². The van der Waals surface area contributed by atoms with E-state index in [9.17, 15) is 0 Å². The van der Waals surface area contributed by atoms with E-state index in [0.29, 0.717) is 17.8 Å². The number of nitrogens with zero attached hydrogens (tertiary/aromatic N) is 6. The average molecular weight is 371 g/mol. The fraction of sp³-hybridized carbons (Fsp3) is 0.684. The normalized spacial score (nSPS) is 25.8. The molecule has 2 aliphatic heterocycles. The van der Waals surface area contributed by atoms with Crippen LogP contribution in [0.5, 0.6) is 0 Å². The molecule has 2 aromatic heterocycles. The van der Waals surface area contributed by atoms with Gasteiger partial charge < -0.3 is 9.80 Å². The Balaban J connectivity index is 1.26. The van der Waals surface area contributed by atoms with Gasteiger partial charge in [-0.2, -0.15) is 4.37 Å². The van der Waals surface area contributed by atoms with E-state index in [4.69, 9.17) is 4.98 Å². The van der Waals surface area contributed by atoms with Gasteiger partial charge >= 0.3 is 0 Å². The summed E-state index contributed by atoms with van der Waals surface area (Å²) in [6.07, 6.45) is 4.26. The second-order valence-electron chi connectivity index (χ2n) is 9.05. The third-order valence-corrected chi connectivity index (χ3v) is 6.67. The number of fused-ring (bicyclic) bond motifs is 1. The van der Waals surface area contributed by atoms with Crippen molar-refractivity contribution in [2.24, 2.45) is 11.8 Å². The Labute approximate surface area is 158 Å². The van der Waals surface area contributed by atoms with Gasteiger partial charge in [-0.1, -0.05) is 20.8 Å². The highest BCUT2D eigenvalue weighted by Crippen LogP contribution is 2.41. The Morgan fingerprint density at radius 3 is 2.35 bits per heavy atom. The molecule has 0 bridgehead atoms. The molecule has 0 amide bonds. The van der Waals surface area contributed by atoms with Crippen molar-refractivity contribution in [3.63, 3.8) is 0 Å². The Morgan fingerprint density at radius 1 is 1.00 bits per heavy atom. The molecule has 0 aromatic carbocycles. The van der Waals surface area contributed by atoms with E-state index in [1.807, 2.05) is 0 Å². The van der Waals surface area contributed by atoms with Gasteiger partial charge in [-0.25, -0.2) is 15.0 Å². The monoisotopic (exact) mass is 370 g/mol. The summed E-state index contributed by atoms with van der Waals surface area (Å²) in [5.74, 6) is 4.19. The highest BCUT2D eigenvalue weighted by atomic mass is 32.1. The molecule has 0 spiro atoms. The van der Waals surface area contributed by atoms with Crippen molar-refractivity contribution in [3.05, 3.63) is 23.9 Å². The van der Waals surface area contributed by atoms with Crippen LogP contribution in [0.3, 0.4) is 0 Å². The lowest BCUT2D eigenvalue weighted by molar-refractivity contribution is 0.533. The first kappa shape index (κ1) is 16.4. The molecular weight excluding hydrogens is 344 g/mol. The summed E-state index contributed by atoms with van der Waals surface area (Å²) >= 11 is 1.59. The van der Waals surface area contributed by atoms with Crippen LogP contribution in [0.25, 0.3) is 0 Å². The summed E-state index contributed by atoms with van der Waals surface area (Å²) in [5, 5.41) is 1.13. The van der Waals surface area contributed by atoms with Crippen LogP contribution in [-0.2, 0) is 5.41 Å². The van der Waals surface area contributed by atoms with E-state index < -0.39 is 0 Å². The molecule has 2 unspecified atom stereocenters. The first-order valence-corrected chi connectivity index (χ1v) is 10.4. The zero-order chi connectivity index (χ0) is 17.9. The maximum Gasteiger partial charge on any atom is 0.205 e. The van der Waals surface area contributed by atoms with Gasteiger partial charge in [0.1, 0.15) is 18.0 Å². The van der Waals surface area contributed by atoms with E-state index >= 15 is 0 Å². The predicted octanol–water partition coefficient (Wildman–Crippen LogP) is 3.08. The molecule has 0 N–H and O–H groups in total. The van der Waals surface area contributed by atoms with Gasteiger partial charge in [0.05, 0.1) is 5.69 Å². The largest absolute Gasteiger partial charge is 0.356 e. The molecule has 0 radical (unpaired) electrons. The highest BCUT2D eigenvalue weighted by Gasteiger charge is 2.42. The first-order valence-electron chi connectivity index (χ1n) is 9.63. The van der Waals surface area contributed by atoms with E-state index in [0.717, 1.165) is 48.6 Å². The summed E-state index contributed by atoms with van der Waals surface area (Å²) in [7, 11) is 0. The van der Waals surface area contributed by atoms with E-state index in [-0.39, 0.29) is 5.41 Å². The zero-order valence-electron chi connectivity index (χ0n) is 15.7. The van der Waals surface area contributed by atoms with Gasteiger partial charge in [-0.3, -0.25) is 0 Å². The number of rotatable bonds is 3. The second-order valence-corrected chi connectivity index (χ2v) is 9.78. The minimum atomic E-state index is 0.0567. The molecule has 3 aliphatic rings. The predicted molar refractivity (Wildman–Crippen MR) is 104 cm³/mol. The summed E-state index contributed by atoms with van der Waals surface area (Å²) in [6.45, 7) is 11.0. The summed E-state index contributed by atoms with van der Waals surface area (Å²) < 4.78 is 4.57. The molecular formula is C19H26N6S. The molecule has 1 saturated carbocycles. The van der Waals surface area contributed by atoms with Gasteiger partial charge in [0.2, 0.25) is 5.13 Å². The SMILES string of the molecule is CC(C)(C)c1cc(N2CC3CN(c4nc(C5CC5)ns4)CC3C2)ncn1. The highest BCUT2D eigenvalue weighted by molar-refractivity contribution is 7.09. The van der Waals surface area contributed by atoms with Crippen LogP contribution in [0.4, 0.5) is 10.9 Å². The fourth-order valence-corrected chi connectivity index (χ4v) is 4.89. The molecule has 3 fully saturated rings. The van der Waals surface area contributed by atoms with Gasteiger partial charge in [0, 0.05) is 66.9 Å². The number of hydrogen-bond donors (Lipinski definition) is 0. The van der Waals surface area contributed by atoms with Gasteiger partial charge in [-0.15, -0.1) is 0 Å². The molecule has 7 heteroatoms. The number of hydrogen-bond acceptors (Lipinski definition) is 7. The second kappa shape index (κ2) is 5.87. The maximum absolute atomic E-state index is 4.80. The van der Waals surface area contributed by atoms with E-state index in [2.05, 4.69) is 51.0 Å². The molecule has 4 heterocycles. The lowest BCUT2D eigenvalue weighted by atomic mass is 9.92. The van der Waals surface area contributed by atoms with Crippen molar-refractivity contribution in [3.8, 4) is 0 Å². The van der Waals surface area contributed by atoms with Crippen molar-refractivity contribution < 1.29 is 0 Å².